The molecule has 5 N–H and O–H groups in total. The van der Waals surface area contributed by atoms with Gasteiger partial charge < -0.3 is 16.4 Å². The van der Waals surface area contributed by atoms with Crippen molar-refractivity contribution in [3.63, 3.8) is 0 Å². The summed E-state index contributed by atoms with van der Waals surface area (Å²) in [5.41, 5.74) is 4.93. The number of amidine groups is 1. The van der Waals surface area contributed by atoms with Crippen LogP contribution in [0.15, 0.2) is 0 Å². The average Bonchev–Trinajstić information content (AvgIpc) is 2.54. The summed E-state index contributed by atoms with van der Waals surface area (Å²) >= 11 is 0. The van der Waals surface area contributed by atoms with Gasteiger partial charge in [0, 0.05) is 6.54 Å². The molecule has 14 heavy (non-hydrogen) atoms. The Hall–Kier alpha value is -1.26. The van der Waals surface area contributed by atoms with Crippen LogP contribution in [0.5, 0.6) is 0 Å². The van der Waals surface area contributed by atoms with Crippen molar-refractivity contribution < 1.29 is 4.79 Å². The lowest BCUT2D eigenvalue weighted by molar-refractivity contribution is 0.233. The van der Waals surface area contributed by atoms with Gasteiger partial charge in [-0.3, -0.25) is 5.41 Å². The molecular formula is C9H18N4O. The molecule has 0 atom stereocenters. The van der Waals surface area contributed by atoms with Crippen LogP contribution in [0.3, 0.4) is 0 Å². The molecule has 5 nitrogen and oxygen atoms in total. The lowest BCUT2D eigenvalue weighted by Crippen LogP contribution is -2.57. The second kappa shape index (κ2) is 4.30. The number of hydrogen-bond donors (Lipinski definition) is 4. The fraction of sp³-hybridized carbons (Fsp3) is 0.778. The smallest absolute Gasteiger partial charge is 0.315 e. The molecule has 0 spiro atoms. The van der Waals surface area contributed by atoms with Crippen LogP contribution < -0.4 is 16.4 Å². The minimum atomic E-state index is -0.584. The molecule has 0 aliphatic heterocycles. The van der Waals surface area contributed by atoms with Crippen LogP contribution in [0.1, 0.15) is 32.6 Å². The van der Waals surface area contributed by atoms with E-state index >= 15 is 0 Å². The summed E-state index contributed by atoms with van der Waals surface area (Å²) in [4.78, 5) is 11.3. The molecule has 2 amide bonds. The lowest BCUT2D eigenvalue weighted by atomic mass is 9.96. The minimum absolute atomic E-state index is 0.0706. The Labute approximate surface area is 83.9 Å². The van der Waals surface area contributed by atoms with Crippen LogP contribution in [0.25, 0.3) is 0 Å². The van der Waals surface area contributed by atoms with Crippen molar-refractivity contribution in [3.05, 3.63) is 0 Å². The van der Waals surface area contributed by atoms with E-state index < -0.39 is 5.54 Å². The second-order valence-electron chi connectivity index (χ2n) is 3.69. The maximum atomic E-state index is 11.3. The predicted molar refractivity (Wildman–Crippen MR) is 55.3 cm³/mol. The normalized spacial score (nSPS) is 18.9. The molecule has 1 aliphatic rings. The third kappa shape index (κ3) is 2.16. The van der Waals surface area contributed by atoms with E-state index in [9.17, 15) is 4.79 Å². The van der Waals surface area contributed by atoms with Crippen LogP contribution in [-0.2, 0) is 0 Å². The lowest BCUT2D eigenvalue weighted by Gasteiger charge is -2.28. The Morgan fingerprint density at radius 2 is 2.07 bits per heavy atom. The molecule has 1 rings (SSSR count). The van der Waals surface area contributed by atoms with Gasteiger partial charge in [0.2, 0.25) is 0 Å². The number of carbonyl (C=O) groups is 1. The molecule has 1 fully saturated rings. The van der Waals surface area contributed by atoms with E-state index in [1.54, 1.807) is 0 Å². The van der Waals surface area contributed by atoms with Crippen molar-refractivity contribution in [3.8, 4) is 0 Å². The Balaban J connectivity index is 2.60. The van der Waals surface area contributed by atoms with Gasteiger partial charge in [-0.05, 0) is 19.8 Å². The summed E-state index contributed by atoms with van der Waals surface area (Å²) in [5.74, 6) is 0.0706. The van der Waals surface area contributed by atoms with Crippen molar-refractivity contribution in [1.29, 1.82) is 5.41 Å². The van der Waals surface area contributed by atoms with Crippen molar-refractivity contribution >= 4 is 11.9 Å². The summed E-state index contributed by atoms with van der Waals surface area (Å²) in [7, 11) is 0. The minimum Gasteiger partial charge on any atom is -0.386 e. The van der Waals surface area contributed by atoms with Gasteiger partial charge in [0.05, 0.1) is 5.54 Å². The van der Waals surface area contributed by atoms with Crippen molar-refractivity contribution in [2.24, 2.45) is 5.73 Å². The SMILES string of the molecule is CCNC(=O)NC1(C(=N)N)CCCC1. The third-order valence-electron chi connectivity index (χ3n) is 2.66. The number of amides is 2. The molecule has 1 aliphatic carbocycles. The molecule has 0 radical (unpaired) electrons. The highest BCUT2D eigenvalue weighted by Crippen LogP contribution is 2.29. The monoisotopic (exact) mass is 198 g/mol. The van der Waals surface area contributed by atoms with Crippen molar-refractivity contribution in [2.75, 3.05) is 6.54 Å². The van der Waals surface area contributed by atoms with Crippen LogP contribution in [0, 0.1) is 5.41 Å². The van der Waals surface area contributed by atoms with Crippen LogP contribution in [-0.4, -0.2) is 24.0 Å². The van der Waals surface area contributed by atoms with Crippen LogP contribution in [0.2, 0.25) is 0 Å². The molecule has 5 heteroatoms. The van der Waals surface area contributed by atoms with Crippen molar-refractivity contribution in [2.45, 2.75) is 38.1 Å². The number of carbonyl (C=O) groups excluding carboxylic acids is 1. The molecule has 0 aromatic carbocycles. The van der Waals surface area contributed by atoms with E-state index in [0.29, 0.717) is 6.54 Å². The maximum Gasteiger partial charge on any atom is 0.315 e. The topological polar surface area (TPSA) is 91.0 Å². The van der Waals surface area contributed by atoms with Gasteiger partial charge in [0.1, 0.15) is 5.84 Å². The van der Waals surface area contributed by atoms with E-state index in [2.05, 4.69) is 10.6 Å². The summed E-state index contributed by atoms with van der Waals surface area (Å²) in [6.45, 7) is 2.44. The highest BCUT2D eigenvalue weighted by atomic mass is 16.2. The van der Waals surface area contributed by atoms with Gasteiger partial charge >= 0.3 is 6.03 Å². The van der Waals surface area contributed by atoms with E-state index in [1.165, 1.54) is 0 Å². The quantitative estimate of drug-likeness (QED) is 0.394. The van der Waals surface area contributed by atoms with E-state index in [-0.39, 0.29) is 11.9 Å². The van der Waals surface area contributed by atoms with Gasteiger partial charge in [-0.2, -0.15) is 0 Å². The molecule has 0 aromatic rings. The largest absolute Gasteiger partial charge is 0.386 e. The first-order chi connectivity index (χ1) is 6.60. The van der Waals surface area contributed by atoms with Crippen molar-refractivity contribution in [1.82, 2.24) is 10.6 Å². The third-order valence-corrected chi connectivity index (χ3v) is 2.66. The Morgan fingerprint density at radius 1 is 1.50 bits per heavy atom. The number of urea groups is 1. The number of nitrogens with two attached hydrogens (primary N) is 1. The number of rotatable bonds is 3. The van der Waals surface area contributed by atoms with E-state index in [4.69, 9.17) is 11.1 Å². The molecule has 0 aromatic heterocycles. The number of nitrogens with one attached hydrogen (secondary N) is 3. The maximum absolute atomic E-state index is 11.3. The standard InChI is InChI=1S/C9H18N4O/c1-2-12-8(14)13-9(7(10)11)5-3-4-6-9/h2-6H2,1H3,(H3,10,11)(H2,12,13,14). The van der Waals surface area contributed by atoms with Gasteiger partial charge in [-0.15, -0.1) is 0 Å². The Morgan fingerprint density at radius 3 is 2.50 bits per heavy atom. The molecule has 0 saturated heterocycles. The summed E-state index contributed by atoms with van der Waals surface area (Å²) in [6.07, 6.45) is 3.59. The zero-order chi connectivity index (χ0) is 10.6. The molecule has 1 saturated carbocycles. The second-order valence-corrected chi connectivity index (χ2v) is 3.69. The Bertz CT molecular complexity index is 233. The highest BCUT2D eigenvalue weighted by molar-refractivity contribution is 5.92. The first-order valence-electron chi connectivity index (χ1n) is 5.01. The van der Waals surface area contributed by atoms with E-state index in [0.717, 1.165) is 25.7 Å². The van der Waals surface area contributed by atoms with Gasteiger partial charge in [-0.25, -0.2) is 4.79 Å². The molecule has 0 bridgehead atoms. The van der Waals surface area contributed by atoms with Gasteiger partial charge in [0.15, 0.2) is 0 Å². The molecule has 0 heterocycles. The fourth-order valence-corrected chi connectivity index (χ4v) is 1.86. The predicted octanol–water partition coefficient (Wildman–Crippen LogP) is 0.554. The summed E-state index contributed by atoms with van der Waals surface area (Å²) in [6, 6.07) is -0.232. The zero-order valence-electron chi connectivity index (χ0n) is 8.52. The van der Waals surface area contributed by atoms with Crippen LogP contribution >= 0.6 is 0 Å². The van der Waals surface area contributed by atoms with Crippen LogP contribution in [0.4, 0.5) is 4.79 Å². The summed E-state index contributed by atoms with van der Waals surface area (Å²) < 4.78 is 0. The molecular weight excluding hydrogens is 180 g/mol. The number of hydrogen-bond acceptors (Lipinski definition) is 2. The first-order valence-corrected chi connectivity index (χ1v) is 5.01. The Kier molecular flexibility index (Phi) is 3.33. The first kappa shape index (κ1) is 10.8. The average molecular weight is 198 g/mol. The van der Waals surface area contributed by atoms with Gasteiger partial charge in [-0.1, -0.05) is 12.8 Å². The van der Waals surface area contributed by atoms with E-state index in [1.807, 2.05) is 6.92 Å². The summed E-state index contributed by atoms with van der Waals surface area (Å²) in [5, 5.41) is 12.9. The molecule has 80 valence electrons. The highest BCUT2D eigenvalue weighted by Gasteiger charge is 2.38. The van der Waals surface area contributed by atoms with Gasteiger partial charge in [0.25, 0.3) is 0 Å². The molecule has 0 unspecified atom stereocenters. The zero-order valence-corrected chi connectivity index (χ0v) is 8.52. The fourth-order valence-electron chi connectivity index (χ4n) is 1.86.